The first kappa shape index (κ1) is 11.5. The molecule has 1 fully saturated rings. The number of aryl methyl sites for hydroxylation is 1. The SMILES string of the molecule is Cn1ncnc1CNCCN1CCOCC1. The molecule has 1 aromatic rings. The lowest BCUT2D eigenvalue weighted by molar-refractivity contribution is 0.0384. The van der Waals surface area contributed by atoms with Gasteiger partial charge in [0.15, 0.2) is 0 Å². The van der Waals surface area contributed by atoms with Crippen molar-refractivity contribution >= 4 is 0 Å². The van der Waals surface area contributed by atoms with E-state index in [2.05, 4.69) is 20.3 Å². The van der Waals surface area contributed by atoms with Crippen molar-refractivity contribution in [3.8, 4) is 0 Å². The summed E-state index contributed by atoms with van der Waals surface area (Å²) in [7, 11) is 1.91. The number of nitrogens with one attached hydrogen (secondary N) is 1. The molecule has 1 aliphatic rings. The van der Waals surface area contributed by atoms with Crippen LogP contribution in [0.3, 0.4) is 0 Å². The zero-order valence-corrected chi connectivity index (χ0v) is 9.72. The van der Waals surface area contributed by atoms with E-state index < -0.39 is 0 Å². The third kappa shape index (κ3) is 3.26. The molecule has 1 aromatic heterocycles. The Morgan fingerprint density at radius 2 is 2.25 bits per heavy atom. The van der Waals surface area contributed by atoms with Crippen molar-refractivity contribution in [2.45, 2.75) is 6.54 Å². The monoisotopic (exact) mass is 225 g/mol. The molecule has 2 rings (SSSR count). The minimum absolute atomic E-state index is 0.779. The summed E-state index contributed by atoms with van der Waals surface area (Å²) in [6.07, 6.45) is 1.58. The van der Waals surface area contributed by atoms with Crippen LogP contribution in [-0.2, 0) is 18.3 Å². The quantitative estimate of drug-likeness (QED) is 0.667. The Kier molecular flexibility index (Phi) is 4.26. The first-order chi connectivity index (χ1) is 7.86. The van der Waals surface area contributed by atoms with E-state index in [1.807, 2.05) is 7.05 Å². The molecule has 0 bridgehead atoms. The van der Waals surface area contributed by atoms with Gasteiger partial charge in [-0.25, -0.2) is 4.98 Å². The highest BCUT2D eigenvalue weighted by atomic mass is 16.5. The summed E-state index contributed by atoms with van der Waals surface area (Å²) in [5.74, 6) is 0.974. The van der Waals surface area contributed by atoms with Crippen LogP contribution in [0.1, 0.15) is 5.82 Å². The average molecular weight is 225 g/mol. The van der Waals surface area contributed by atoms with Gasteiger partial charge in [0, 0.05) is 33.2 Å². The second-order valence-corrected chi connectivity index (χ2v) is 3.93. The van der Waals surface area contributed by atoms with E-state index in [9.17, 15) is 0 Å². The van der Waals surface area contributed by atoms with Crippen LogP contribution in [0.4, 0.5) is 0 Å². The first-order valence-electron chi connectivity index (χ1n) is 5.70. The molecule has 0 aromatic carbocycles. The number of hydrogen-bond acceptors (Lipinski definition) is 5. The molecule has 0 spiro atoms. The highest BCUT2D eigenvalue weighted by molar-refractivity contribution is 4.82. The number of aromatic nitrogens is 3. The topological polar surface area (TPSA) is 55.2 Å². The molecular formula is C10H19N5O. The van der Waals surface area contributed by atoms with Crippen molar-refractivity contribution in [1.82, 2.24) is 25.0 Å². The fourth-order valence-electron chi connectivity index (χ4n) is 1.74. The van der Waals surface area contributed by atoms with Crippen LogP contribution in [-0.4, -0.2) is 59.1 Å². The average Bonchev–Trinajstić information content (AvgIpc) is 2.72. The van der Waals surface area contributed by atoms with Crippen molar-refractivity contribution in [1.29, 1.82) is 0 Å². The minimum atomic E-state index is 0.779. The molecule has 6 nitrogen and oxygen atoms in total. The van der Waals surface area contributed by atoms with Crippen molar-refractivity contribution in [3.63, 3.8) is 0 Å². The van der Waals surface area contributed by atoms with Crippen molar-refractivity contribution in [3.05, 3.63) is 12.2 Å². The molecule has 0 radical (unpaired) electrons. The van der Waals surface area contributed by atoms with E-state index in [0.717, 1.165) is 51.8 Å². The van der Waals surface area contributed by atoms with Gasteiger partial charge in [0.1, 0.15) is 12.2 Å². The van der Waals surface area contributed by atoms with Gasteiger partial charge in [-0.1, -0.05) is 0 Å². The number of ether oxygens (including phenoxy) is 1. The zero-order valence-electron chi connectivity index (χ0n) is 9.72. The molecule has 0 atom stereocenters. The van der Waals surface area contributed by atoms with Gasteiger partial charge in [-0.2, -0.15) is 5.10 Å². The highest BCUT2D eigenvalue weighted by Gasteiger charge is 2.09. The zero-order chi connectivity index (χ0) is 11.2. The predicted octanol–water partition coefficient (Wildman–Crippen LogP) is -0.763. The van der Waals surface area contributed by atoms with E-state index in [1.54, 1.807) is 11.0 Å². The van der Waals surface area contributed by atoms with Crippen LogP contribution >= 0.6 is 0 Å². The molecule has 0 amide bonds. The second-order valence-electron chi connectivity index (χ2n) is 3.93. The second kappa shape index (κ2) is 5.93. The van der Waals surface area contributed by atoms with Crippen LogP contribution in [0.15, 0.2) is 6.33 Å². The predicted molar refractivity (Wildman–Crippen MR) is 60.0 cm³/mol. The maximum absolute atomic E-state index is 5.30. The van der Waals surface area contributed by atoms with E-state index in [0.29, 0.717) is 0 Å². The molecule has 0 unspecified atom stereocenters. The summed E-state index contributed by atoms with van der Waals surface area (Å²) in [4.78, 5) is 6.57. The Balaban J connectivity index is 1.59. The van der Waals surface area contributed by atoms with Crippen LogP contribution in [0, 0.1) is 0 Å². The number of nitrogens with zero attached hydrogens (tertiary/aromatic N) is 4. The first-order valence-corrected chi connectivity index (χ1v) is 5.70. The maximum Gasteiger partial charge on any atom is 0.140 e. The lowest BCUT2D eigenvalue weighted by Gasteiger charge is -2.26. The van der Waals surface area contributed by atoms with Crippen LogP contribution < -0.4 is 5.32 Å². The smallest absolute Gasteiger partial charge is 0.140 e. The summed E-state index contributed by atoms with van der Waals surface area (Å²) in [5.41, 5.74) is 0. The number of rotatable bonds is 5. The fraction of sp³-hybridized carbons (Fsp3) is 0.800. The minimum Gasteiger partial charge on any atom is -0.379 e. The Hall–Kier alpha value is -0.980. The molecule has 1 aliphatic heterocycles. The van der Waals surface area contributed by atoms with Gasteiger partial charge in [0.25, 0.3) is 0 Å². The molecule has 16 heavy (non-hydrogen) atoms. The molecule has 0 aliphatic carbocycles. The maximum atomic E-state index is 5.30. The van der Waals surface area contributed by atoms with Crippen molar-refractivity contribution < 1.29 is 4.74 Å². The van der Waals surface area contributed by atoms with E-state index >= 15 is 0 Å². The summed E-state index contributed by atoms with van der Waals surface area (Å²) in [6, 6.07) is 0. The number of hydrogen-bond donors (Lipinski definition) is 1. The normalized spacial score (nSPS) is 17.8. The van der Waals surface area contributed by atoms with Crippen molar-refractivity contribution in [2.24, 2.45) is 7.05 Å². The van der Waals surface area contributed by atoms with Crippen LogP contribution in [0.25, 0.3) is 0 Å². The van der Waals surface area contributed by atoms with Gasteiger partial charge >= 0.3 is 0 Å². The molecule has 0 saturated carbocycles. The van der Waals surface area contributed by atoms with Crippen LogP contribution in [0.5, 0.6) is 0 Å². The lowest BCUT2D eigenvalue weighted by Crippen LogP contribution is -2.40. The Morgan fingerprint density at radius 1 is 1.44 bits per heavy atom. The Bertz CT molecular complexity index is 308. The van der Waals surface area contributed by atoms with Gasteiger partial charge in [0.05, 0.1) is 19.8 Å². The molecule has 2 heterocycles. The molecule has 1 N–H and O–H groups in total. The Morgan fingerprint density at radius 3 is 2.94 bits per heavy atom. The Labute approximate surface area is 95.6 Å². The van der Waals surface area contributed by atoms with Gasteiger partial charge < -0.3 is 10.1 Å². The molecule has 6 heteroatoms. The summed E-state index contributed by atoms with van der Waals surface area (Å²) >= 11 is 0. The van der Waals surface area contributed by atoms with E-state index in [1.165, 1.54) is 0 Å². The van der Waals surface area contributed by atoms with E-state index in [-0.39, 0.29) is 0 Å². The summed E-state index contributed by atoms with van der Waals surface area (Å²) in [6.45, 7) is 6.65. The summed E-state index contributed by atoms with van der Waals surface area (Å²) < 4.78 is 7.09. The standard InChI is InChI=1S/C10H19N5O/c1-14-10(12-9-13-14)8-11-2-3-15-4-6-16-7-5-15/h9,11H,2-8H2,1H3. The fourth-order valence-corrected chi connectivity index (χ4v) is 1.74. The molecular weight excluding hydrogens is 206 g/mol. The van der Waals surface area contributed by atoms with Gasteiger partial charge in [-0.05, 0) is 0 Å². The van der Waals surface area contributed by atoms with Gasteiger partial charge in [-0.3, -0.25) is 9.58 Å². The molecule has 1 saturated heterocycles. The lowest BCUT2D eigenvalue weighted by atomic mass is 10.4. The van der Waals surface area contributed by atoms with Crippen LogP contribution in [0.2, 0.25) is 0 Å². The third-order valence-corrected chi connectivity index (χ3v) is 2.80. The van der Waals surface area contributed by atoms with E-state index in [4.69, 9.17) is 4.74 Å². The third-order valence-electron chi connectivity index (χ3n) is 2.80. The highest BCUT2D eigenvalue weighted by Crippen LogP contribution is 1.95. The largest absolute Gasteiger partial charge is 0.379 e. The van der Waals surface area contributed by atoms with Gasteiger partial charge in [-0.15, -0.1) is 0 Å². The molecule has 90 valence electrons. The van der Waals surface area contributed by atoms with Crippen molar-refractivity contribution in [2.75, 3.05) is 39.4 Å². The summed E-state index contributed by atoms with van der Waals surface area (Å²) in [5, 5.41) is 7.39. The van der Waals surface area contributed by atoms with Gasteiger partial charge in [0.2, 0.25) is 0 Å². The number of morpholine rings is 1.